The number of rotatable bonds is 4. The fourth-order valence-corrected chi connectivity index (χ4v) is 2.30. The molecule has 5 heteroatoms. The van der Waals surface area contributed by atoms with Crippen LogP contribution in [0.3, 0.4) is 0 Å². The highest BCUT2D eigenvalue weighted by Gasteiger charge is 2.46. The number of carboxylic acid groups (broad SMARTS) is 1. The van der Waals surface area contributed by atoms with Gasteiger partial charge in [-0.05, 0) is 49.4 Å². The monoisotopic (exact) mass is 266 g/mol. The zero-order chi connectivity index (χ0) is 14.2. The number of halogens is 1. The van der Waals surface area contributed by atoms with Crippen molar-refractivity contribution in [2.75, 3.05) is 6.61 Å². The molecule has 0 bridgehead atoms. The minimum Gasteiger partial charge on any atom is -0.478 e. The van der Waals surface area contributed by atoms with Gasteiger partial charge in [-0.25, -0.2) is 9.18 Å². The van der Waals surface area contributed by atoms with Gasteiger partial charge in [0.05, 0.1) is 18.1 Å². The largest absolute Gasteiger partial charge is 0.478 e. The third-order valence-electron chi connectivity index (χ3n) is 3.37. The molecule has 0 aromatic heterocycles. The van der Waals surface area contributed by atoms with Crippen molar-refractivity contribution in [3.8, 4) is 0 Å². The second-order valence-electron chi connectivity index (χ2n) is 4.69. The molecule has 2 atom stereocenters. The SMILES string of the molecule is CCOC(=O)C1CC1c1cc(C(=O)O)c(F)cc1C. The average molecular weight is 266 g/mol. The molecular formula is C14H15FO4. The molecule has 0 aliphatic heterocycles. The molecule has 0 heterocycles. The molecule has 1 saturated carbocycles. The summed E-state index contributed by atoms with van der Waals surface area (Å²) in [7, 11) is 0. The molecule has 0 radical (unpaired) electrons. The van der Waals surface area contributed by atoms with Crippen LogP contribution in [-0.2, 0) is 9.53 Å². The molecule has 1 N–H and O–H groups in total. The zero-order valence-corrected chi connectivity index (χ0v) is 10.8. The highest BCUT2D eigenvalue weighted by Crippen LogP contribution is 2.49. The van der Waals surface area contributed by atoms with Crippen LogP contribution in [-0.4, -0.2) is 23.7 Å². The van der Waals surface area contributed by atoms with Crippen LogP contribution >= 0.6 is 0 Å². The summed E-state index contributed by atoms with van der Waals surface area (Å²) in [5.74, 6) is -2.61. The van der Waals surface area contributed by atoms with E-state index in [1.54, 1.807) is 13.8 Å². The van der Waals surface area contributed by atoms with E-state index in [1.807, 2.05) is 0 Å². The van der Waals surface area contributed by atoms with Crippen molar-refractivity contribution in [3.63, 3.8) is 0 Å². The first kappa shape index (κ1) is 13.5. The number of carbonyl (C=O) groups is 2. The lowest BCUT2D eigenvalue weighted by atomic mass is 9.99. The van der Waals surface area contributed by atoms with Gasteiger partial charge in [-0.1, -0.05) is 0 Å². The minimum atomic E-state index is -1.30. The second kappa shape index (κ2) is 4.99. The lowest BCUT2D eigenvalue weighted by molar-refractivity contribution is -0.144. The maximum Gasteiger partial charge on any atom is 0.338 e. The van der Waals surface area contributed by atoms with E-state index in [-0.39, 0.29) is 23.4 Å². The van der Waals surface area contributed by atoms with Crippen molar-refractivity contribution in [2.45, 2.75) is 26.2 Å². The van der Waals surface area contributed by atoms with Gasteiger partial charge in [0.1, 0.15) is 5.82 Å². The Morgan fingerprint density at radius 2 is 2.16 bits per heavy atom. The molecule has 102 valence electrons. The minimum absolute atomic E-state index is 0.0576. The summed E-state index contributed by atoms with van der Waals surface area (Å²) in [6.07, 6.45) is 0.629. The Morgan fingerprint density at radius 1 is 1.47 bits per heavy atom. The highest BCUT2D eigenvalue weighted by atomic mass is 19.1. The number of esters is 1. The number of aromatic carboxylic acids is 1. The van der Waals surface area contributed by atoms with Gasteiger partial charge in [0.2, 0.25) is 0 Å². The number of ether oxygens (including phenoxy) is 1. The molecule has 1 fully saturated rings. The van der Waals surface area contributed by atoms with E-state index < -0.39 is 11.8 Å². The van der Waals surface area contributed by atoms with Crippen LogP contribution in [0.5, 0.6) is 0 Å². The third kappa shape index (κ3) is 2.59. The van der Waals surface area contributed by atoms with Crippen molar-refractivity contribution in [3.05, 3.63) is 34.6 Å². The number of benzene rings is 1. The smallest absolute Gasteiger partial charge is 0.338 e. The first-order valence-electron chi connectivity index (χ1n) is 6.15. The van der Waals surface area contributed by atoms with E-state index in [9.17, 15) is 14.0 Å². The molecule has 1 aromatic carbocycles. The van der Waals surface area contributed by atoms with Crippen LogP contribution in [0.25, 0.3) is 0 Å². The fourth-order valence-electron chi connectivity index (χ4n) is 2.30. The van der Waals surface area contributed by atoms with Gasteiger partial charge >= 0.3 is 11.9 Å². The van der Waals surface area contributed by atoms with Crippen molar-refractivity contribution < 1.29 is 23.8 Å². The fraction of sp³-hybridized carbons (Fsp3) is 0.429. The quantitative estimate of drug-likeness (QED) is 0.850. The number of hydrogen-bond donors (Lipinski definition) is 1. The summed E-state index contributed by atoms with van der Waals surface area (Å²) < 4.78 is 18.4. The molecule has 2 unspecified atom stereocenters. The number of carboxylic acids is 1. The first-order chi connectivity index (χ1) is 8.95. The maximum atomic E-state index is 13.5. The molecule has 0 amide bonds. The summed E-state index contributed by atoms with van der Waals surface area (Å²) in [5, 5.41) is 8.91. The Labute approximate surface area is 110 Å². The van der Waals surface area contributed by atoms with Gasteiger partial charge in [-0.2, -0.15) is 0 Å². The Balaban J connectivity index is 2.25. The van der Waals surface area contributed by atoms with Gasteiger partial charge in [0, 0.05) is 0 Å². The van der Waals surface area contributed by atoms with Gasteiger partial charge in [0.15, 0.2) is 0 Å². The van der Waals surface area contributed by atoms with E-state index in [0.29, 0.717) is 18.6 Å². The van der Waals surface area contributed by atoms with Gasteiger partial charge in [0.25, 0.3) is 0 Å². The predicted molar refractivity (Wildman–Crippen MR) is 65.6 cm³/mol. The molecule has 1 aromatic rings. The van der Waals surface area contributed by atoms with E-state index in [4.69, 9.17) is 9.84 Å². The van der Waals surface area contributed by atoms with E-state index >= 15 is 0 Å². The van der Waals surface area contributed by atoms with E-state index in [0.717, 1.165) is 5.56 Å². The van der Waals surface area contributed by atoms with Crippen LogP contribution in [0, 0.1) is 18.7 Å². The molecule has 1 aliphatic carbocycles. The van der Waals surface area contributed by atoms with Crippen molar-refractivity contribution in [1.82, 2.24) is 0 Å². The summed E-state index contributed by atoms with van der Waals surface area (Å²) >= 11 is 0. The van der Waals surface area contributed by atoms with Gasteiger partial charge in [-0.3, -0.25) is 4.79 Å². The van der Waals surface area contributed by atoms with Crippen molar-refractivity contribution >= 4 is 11.9 Å². The Bertz CT molecular complexity index is 538. The van der Waals surface area contributed by atoms with Crippen LogP contribution in [0.1, 0.15) is 40.7 Å². The first-order valence-corrected chi connectivity index (χ1v) is 6.15. The lowest BCUT2D eigenvalue weighted by Gasteiger charge is -2.08. The molecular weight excluding hydrogens is 251 g/mol. The summed E-state index contributed by atoms with van der Waals surface area (Å²) in [6.45, 7) is 3.77. The van der Waals surface area contributed by atoms with Crippen molar-refractivity contribution in [1.29, 1.82) is 0 Å². The van der Waals surface area contributed by atoms with Crippen LogP contribution in [0.2, 0.25) is 0 Å². The number of hydrogen-bond acceptors (Lipinski definition) is 3. The topological polar surface area (TPSA) is 63.6 Å². The Kier molecular flexibility index (Phi) is 3.55. The second-order valence-corrected chi connectivity index (χ2v) is 4.69. The Hall–Kier alpha value is -1.91. The van der Waals surface area contributed by atoms with Crippen LogP contribution < -0.4 is 0 Å². The standard InChI is InChI=1S/C14H15FO4/c1-3-19-14(18)10-6-9(10)8-5-11(13(16)17)12(15)4-7(8)2/h4-5,9-10H,3,6H2,1-2H3,(H,16,17). The number of aryl methyl sites for hydroxylation is 1. The highest BCUT2D eigenvalue weighted by molar-refractivity contribution is 5.88. The van der Waals surface area contributed by atoms with Crippen LogP contribution in [0.15, 0.2) is 12.1 Å². The Morgan fingerprint density at radius 3 is 2.74 bits per heavy atom. The zero-order valence-electron chi connectivity index (χ0n) is 10.8. The molecule has 0 saturated heterocycles. The maximum absolute atomic E-state index is 13.5. The summed E-state index contributed by atoms with van der Waals surface area (Å²) in [6, 6.07) is 2.54. The molecule has 4 nitrogen and oxygen atoms in total. The predicted octanol–water partition coefficient (Wildman–Crippen LogP) is 2.50. The number of carbonyl (C=O) groups excluding carboxylic acids is 1. The average Bonchev–Trinajstić information content (AvgIpc) is 3.08. The third-order valence-corrected chi connectivity index (χ3v) is 3.37. The van der Waals surface area contributed by atoms with Crippen molar-refractivity contribution in [2.24, 2.45) is 5.92 Å². The lowest BCUT2D eigenvalue weighted by Crippen LogP contribution is -2.08. The van der Waals surface area contributed by atoms with Gasteiger partial charge in [-0.15, -0.1) is 0 Å². The molecule has 19 heavy (non-hydrogen) atoms. The van der Waals surface area contributed by atoms with E-state index in [2.05, 4.69) is 0 Å². The van der Waals surface area contributed by atoms with Crippen LogP contribution in [0.4, 0.5) is 4.39 Å². The normalized spacial score (nSPS) is 21.0. The summed E-state index contributed by atoms with van der Waals surface area (Å²) in [5.41, 5.74) is 1.03. The van der Waals surface area contributed by atoms with Gasteiger partial charge < -0.3 is 9.84 Å². The summed E-state index contributed by atoms with van der Waals surface area (Å²) in [4.78, 5) is 22.5. The molecule has 0 spiro atoms. The van der Waals surface area contributed by atoms with E-state index in [1.165, 1.54) is 12.1 Å². The molecule has 2 rings (SSSR count). The molecule has 1 aliphatic rings.